The van der Waals surface area contributed by atoms with Gasteiger partial charge in [0.25, 0.3) is 0 Å². The molecule has 222 valence electrons. The number of allylic oxidation sites excluding steroid dienone is 2. The van der Waals surface area contributed by atoms with E-state index in [0.717, 1.165) is 25.7 Å². The van der Waals surface area contributed by atoms with Crippen molar-refractivity contribution in [2.75, 3.05) is 26.2 Å². The molecule has 0 heterocycles. The second-order valence-corrected chi connectivity index (χ2v) is 11.6. The van der Waals surface area contributed by atoms with Crippen LogP contribution >= 0.6 is 0 Å². The van der Waals surface area contributed by atoms with Gasteiger partial charge in [0.1, 0.15) is 11.8 Å². The van der Waals surface area contributed by atoms with Crippen molar-refractivity contribution in [3.8, 4) is 0 Å². The number of quaternary nitrogens is 1. The molecule has 0 amide bonds. The van der Waals surface area contributed by atoms with Gasteiger partial charge in [-0.15, -0.1) is 0 Å². The van der Waals surface area contributed by atoms with Crippen molar-refractivity contribution in [3.63, 3.8) is 0 Å². The van der Waals surface area contributed by atoms with Crippen molar-refractivity contribution in [2.45, 2.75) is 124 Å². The van der Waals surface area contributed by atoms with Crippen LogP contribution in [-0.4, -0.2) is 58.8 Å². The van der Waals surface area contributed by atoms with Crippen molar-refractivity contribution in [3.05, 3.63) is 12.2 Å². The van der Waals surface area contributed by atoms with Gasteiger partial charge >= 0.3 is 11.9 Å². The van der Waals surface area contributed by atoms with Crippen LogP contribution in [0.1, 0.15) is 124 Å². The van der Waals surface area contributed by atoms with E-state index in [1.807, 2.05) is 0 Å². The molecular weight excluding hydrogens is 482 g/mol. The van der Waals surface area contributed by atoms with Crippen molar-refractivity contribution in [2.24, 2.45) is 17.8 Å². The number of hydrogen-bond acceptors (Lipinski definition) is 4. The average Bonchev–Trinajstić information content (AvgIpc) is 2.85. The van der Waals surface area contributed by atoms with Crippen LogP contribution < -0.4 is 5.11 Å². The van der Waals surface area contributed by atoms with E-state index in [4.69, 9.17) is 0 Å². The number of rotatable bonds is 26. The number of carbonyl (C=O) groups is 3. The zero-order valence-electron chi connectivity index (χ0n) is 24.8. The Morgan fingerprint density at radius 3 is 1.39 bits per heavy atom. The van der Waals surface area contributed by atoms with Gasteiger partial charge in [-0.2, -0.15) is 0 Å². The van der Waals surface area contributed by atoms with E-state index >= 15 is 0 Å². The molecule has 0 saturated heterocycles. The summed E-state index contributed by atoms with van der Waals surface area (Å²) in [4.78, 5) is 34.7. The molecule has 0 aromatic heterocycles. The minimum atomic E-state index is -1.18. The minimum Gasteiger partial charge on any atom is -0.550 e. The van der Waals surface area contributed by atoms with Gasteiger partial charge in [-0.3, -0.25) is 9.59 Å². The predicted molar refractivity (Wildman–Crippen MR) is 152 cm³/mol. The normalized spacial score (nSPS) is 15.7. The van der Waals surface area contributed by atoms with Crippen molar-refractivity contribution in [1.82, 2.24) is 0 Å². The highest BCUT2D eigenvalue weighted by Crippen LogP contribution is 2.22. The summed E-state index contributed by atoms with van der Waals surface area (Å²) < 4.78 is 0.186. The molecule has 0 bridgehead atoms. The quantitative estimate of drug-likeness (QED) is 0.0784. The maximum atomic E-state index is 11.6. The third kappa shape index (κ3) is 18.4. The molecule has 0 saturated carbocycles. The van der Waals surface area contributed by atoms with Gasteiger partial charge in [0.2, 0.25) is 0 Å². The highest BCUT2D eigenvalue weighted by atomic mass is 16.4. The number of aliphatic carboxylic acids is 3. The van der Waals surface area contributed by atoms with Gasteiger partial charge in [-0.25, -0.2) is 0 Å². The topological polar surface area (TPSA) is 115 Å². The van der Waals surface area contributed by atoms with Crippen LogP contribution in [0.3, 0.4) is 0 Å². The molecule has 0 rings (SSSR count). The fourth-order valence-corrected chi connectivity index (χ4v) is 5.35. The Morgan fingerprint density at radius 2 is 1.00 bits per heavy atom. The van der Waals surface area contributed by atoms with Gasteiger partial charge in [0.15, 0.2) is 0 Å². The first kappa shape index (κ1) is 36.1. The predicted octanol–water partition coefficient (Wildman–Crippen LogP) is 6.06. The summed E-state index contributed by atoms with van der Waals surface area (Å²) in [7, 11) is 0. The summed E-state index contributed by atoms with van der Waals surface area (Å²) in [6.45, 7) is 8.20. The Kier molecular flexibility index (Phi) is 20.9. The number of carbonyl (C=O) groups excluding carboxylic acids is 1. The Morgan fingerprint density at radius 1 is 0.632 bits per heavy atom. The summed E-state index contributed by atoms with van der Waals surface area (Å²) in [5.41, 5.74) is 0. The number of carboxylic acid groups (broad SMARTS) is 3. The molecule has 0 aliphatic heterocycles. The first-order valence-corrected chi connectivity index (χ1v) is 15.2. The summed E-state index contributed by atoms with van der Waals surface area (Å²) in [6.07, 6.45) is 22.7. The fourth-order valence-electron chi connectivity index (χ4n) is 5.35. The highest BCUT2D eigenvalue weighted by molar-refractivity contribution is 5.70. The molecule has 0 aliphatic rings. The van der Waals surface area contributed by atoms with Gasteiger partial charge in [-0.1, -0.05) is 90.2 Å². The maximum absolute atomic E-state index is 11.6. The Bertz CT molecular complexity index is 622. The summed E-state index contributed by atoms with van der Waals surface area (Å²) in [6, 6.07) is 0. The third-order valence-corrected chi connectivity index (χ3v) is 7.60. The molecule has 0 fully saturated rings. The van der Waals surface area contributed by atoms with Gasteiger partial charge in [-0.05, 0) is 46.0 Å². The number of carboxylic acids is 3. The molecule has 0 aliphatic carbocycles. The summed E-state index contributed by atoms with van der Waals surface area (Å²) >= 11 is 0. The summed E-state index contributed by atoms with van der Waals surface area (Å²) in [5.74, 6) is -5.23. The van der Waals surface area contributed by atoms with Crippen LogP contribution in [-0.2, 0) is 14.4 Å². The lowest BCUT2D eigenvalue weighted by molar-refractivity contribution is -0.934. The van der Waals surface area contributed by atoms with Crippen LogP contribution in [0.25, 0.3) is 0 Å². The van der Waals surface area contributed by atoms with E-state index in [9.17, 15) is 29.7 Å². The Hall–Kier alpha value is -1.89. The zero-order chi connectivity index (χ0) is 28.8. The standard InChI is InChI=1S/C31H57NO6/c1-5-6-7-8-9-10-11-12-13-14-15-16-17-18-19-20-21-22-32(23-26(2)29(33)34,24-27(3)30(35)36)25-28(4)31(37)38/h7-8,26-28H,5-6,9-25H2,1-4H3,(H2-,33,34,35,36,37,38)/b8-7+. The van der Waals surface area contributed by atoms with Crippen LogP contribution in [0.5, 0.6) is 0 Å². The molecule has 0 aromatic rings. The van der Waals surface area contributed by atoms with Crippen LogP contribution in [0.15, 0.2) is 12.2 Å². The first-order chi connectivity index (χ1) is 18.0. The molecule has 3 unspecified atom stereocenters. The summed E-state index contributed by atoms with van der Waals surface area (Å²) in [5, 5.41) is 30.5. The molecule has 7 heteroatoms. The van der Waals surface area contributed by atoms with E-state index in [2.05, 4.69) is 19.1 Å². The molecule has 7 nitrogen and oxygen atoms in total. The molecule has 38 heavy (non-hydrogen) atoms. The van der Waals surface area contributed by atoms with E-state index < -0.39 is 35.7 Å². The average molecular weight is 540 g/mol. The highest BCUT2D eigenvalue weighted by Gasteiger charge is 2.36. The van der Waals surface area contributed by atoms with Crippen LogP contribution in [0.4, 0.5) is 0 Å². The molecule has 0 spiro atoms. The lowest BCUT2D eigenvalue weighted by Crippen LogP contribution is -2.58. The molecule has 0 radical (unpaired) electrons. The largest absolute Gasteiger partial charge is 0.550 e. The second kappa shape index (κ2) is 22.0. The third-order valence-electron chi connectivity index (χ3n) is 7.60. The maximum Gasteiger partial charge on any atom is 0.311 e. The Labute approximate surface area is 232 Å². The van der Waals surface area contributed by atoms with Crippen molar-refractivity contribution < 1.29 is 34.2 Å². The smallest absolute Gasteiger partial charge is 0.311 e. The number of hydrogen-bond donors (Lipinski definition) is 2. The van der Waals surface area contributed by atoms with Gasteiger partial charge in [0.05, 0.1) is 26.2 Å². The van der Waals surface area contributed by atoms with Gasteiger partial charge < -0.3 is 24.6 Å². The monoisotopic (exact) mass is 539 g/mol. The molecule has 3 atom stereocenters. The van der Waals surface area contributed by atoms with E-state index in [0.29, 0.717) is 6.54 Å². The first-order valence-electron chi connectivity index (χ1n) is 15.2. The molecule has 2 N–H and O–H groups in total. The number of unbranched alkanes of at least 4 members (excludes halogenated alkanes) is 13. The molecular formula is C31H57NO6. The van der Waals surface area contributed by atoms with E-state index in [1.165, 1.54) is 70.6 Å². The zero-order valence-corrected chi connectivity index (χ0v) is 24.8. The SMILES string of the molecule is CCC/C=C/CCCCCCCCCCCCCC[N+](CC(C)C(=O)[O-])(CC(C)C(=O)O)CC(C)C(=O)O. The second-order valence-electron chi connectivity index (χ2n) is 11.6. The van der Waals surface area contributed by atoms with Crippen molar-refractivity contribution in [1.29, 1.82) is 0 Å². The van der Waals surface area contributed by atoms with E-state index in [-0.39, 0.29) is 24.1 Å². The van der Waals surface area contributed by atoms with Crippen LogP contribution in [0, 0.1) is 17.8 Å². The fraction of sp³-hybridized carbons (Fsp3) is 0.839. The lowest BCUT2D eigenvalue weighted by atomic mass is 10.00. The lowest BCUT2D eigenvalue weighted by Gasteiger charge is -2.43. The van der Waals surface area contributed by atoms with Crippen LogP contribution in [0.2, 0.25) is 0 Å². The minimum absolute atomic E-state index is 0.186. The number of nitrogens with zero attached hydrogens (tertiary/aromatic N) is 1. The van der Waals surface area contributed by atoms with E-state index in [1.54, 1.807) is 20.8 Å². The van der Waals surface area contributed by atoms with Gasteiger partial charge in [0, 0.05) is 11.9 Å². The Balaban J connectivity index is 4.41. The molecule has 0 aromatic carbocycles. The van der Waals surface area contributed by atoms with Crippen molar-refractivity contribution >= 4 is 17.9 Å².